The second-order valence-electron chi connectivity index (χ2n) is 5.64. The summed E-state index contributed by atoms with van der Waals surface area (Å²) >= 11 is 0. The maximum absolute atomic E-state index is 12.4. The normalized spacial score (nSPS) is 10.4. The van der Waals surface area contributed by atoms with Crippen molar-refractivity contribution in [3.05, 3.63) is 60.3 Å². The number of aromatic amines is 1. The zero-order valence-electron chi connectivity index (χ0n) is 13.5. The standard InChI is InChI=1S/C18H18N4O2/c1-22(2)18(24)21-15-5-3-4-14(11-15)20-17(23)13-7-6-12-8-9-19-16(12)10-13/h3-11,19H,1-2H3,(H,20,23)(H,21,24). The number of rotatable bonds is 3. The highest BCUT2D eigenvalue weighted by Crippen LogP contribution is 2.18. The van der Waals surface area contributed by atoms with E-state index in [-0.39, 0.29) is 11.9 Å². The highest BCUT2D eigenvalue weighted by molar-refractivity contribution is 6.06. The van der Waals surface area contributed by atoms with Crippen LogP contribution in [0.25, 0.3) is 10.9 Å². The van der Waals surface area contributed by atoms with Crippen molar-refractivity contribution in [2.45, 2.75) is 0 Å². The largest absolute Gasteiger partial charge is 0.361 e. The van der Waals surface area contributed by atoms with Gasteiger partial charge in [0, 0.05) is 42.7 Å². The number of hydrogen-bond acceptors (Lipinski definition) is 2. The van der Waals surface area contributed by atoms with E-state index < -0.39 is 0 Å². The summed E-state index contributed by atoms with van der Waals surface area (Å²) in [5.41, 5.74) is 2.71. The molecule has 3 N–H and O–H groups in total. The van der Waals surface area contributed by atoms with Crippen LogP contribution in [0.2, 0.25) is 0 Å². The Bertz CT molecular complexity index is 899. The fourth-order valence-electron chi connectivity index (χ4n) is 2.30. The van der Waals surface area contributed by atoms with Gasteiger partial charge in [-0.25, -0.2) is 4.79 Å². The number of urea groups is 1. The predicted octanol–water partition coefficient (Wildman–Crippen LogP) is 3.51. The van der Waals surface area contributed by atoms with Gasteiger partial charge in [0.05, 0.1) is 0 Å². The molecule has 6 heteroatoms. The molecule has 1 aromatic heterocycles. The third-order valence-corrected chi connectivity index (χ3v) is 3.60. The van der Waals surface area contributed by atoms with E-state index in [1.807, 2.05) is 24.4 Å². The van der Waals surface area contributed by atoms with Crippen LogP contribution in [0.4, 0.5) is 16.2 Å². The molecule has 0 bridgehead atoms. The van der Waals surface area contributed by atoms with Crippen LogP contribution in [-0.2, 0) is 0 Å². The SMILES string of the molecule is CN(C)C(=O)Nc1cccc(NC(=O)c2ccc3cc[nH]c3c2)c1. The molecule has 6 nitrogen and oxygen atoms in total. The Kier molecular flexibility index (Phi) is 4.20. The molecule has 0 atom stereocenters. The zero-order valence-corrected chi connectivity index (χ0v) is 13.5. The summed E-state index contributed by atoms with van der Waals surface area (Å²) in [6, 6.07) is 14.2. The van der Waals surface area contributed by atoms with Gasteiger partial charge in [0.15, 0.2) is 0 Å². The molecule has 3 aromatic rings. The fraction of sp³-hybridized carbons (Fsp3) is 0.111. The van der Waals surface area contributed by atoms with Gasteiger partial charge < -0.3 is 20.5 Å². The Labute approximate surface area is 139 Å². The lowest BCUT2D eigenvalue weighted by atomic mass is 10.1. The first kappa shape index (κ1) is 15.6. The number of carbonyl (C=O) groups excluding carboxylic acids is 2. The second kappa shape index (κ2) is 6.45. The summed E-state index contributed by atoms with van der Waals surface area (Å²) in [5, 5.41) is 6.64. The van der Waals surface area contributed by atoms with Crippen molar-refractivity contribution in [2.24, 2.45) is 0 Å². The maximum Gasteiger partial charge on any atom is 0.321 e. The smallest absolute Gasteiger partial charge is 0.321 e. The highest BCUT2D eigenvalue weighted by atomic mass is 16.2. The fourth-order valence-corrected chi connectivity index (χ4v) is 2.30. The van der Waals surface area contributed by atoms with Crippen LogP contribution in [0.5, 0.6) is 0 Å². The molecule has 1 heterocycles. The molecule has 0 fully saturated rings. The molecule has 0 saturated carbocycles. The van der Waals surface area contributed by atoms with Crippen LogP contribution in [0.3, 0.4) is 0 Å². The topological polar surface area (TPSA) is 77.2 Å². The minimum Gasteiger partial charge on any atom is -0.361 e. The summed E-state index contributed by atoms with van der Waals surface area (Å²) in [6.07, 6.45) is 1.84. The van der Waals surface area contributed by atoms with E-state index >= 15 is 0 Å². The molecule has 0 aliphatic rings. The lowest BCUT2D eigenvalue weighted by molar-refractivity contribution is 0.102. The Balaban J connectivity index is 1.75. The summed E-state index contributed by atoms with van der Waals surface area (Å²) in [5.74, 6) is -0.206. The van der Waals surface area contributed by atoms with Gasteiger partial charge in [-0.15, -0.1) is 0 Å². The zero-order chi connectivity index (χ0) is 17.1. The monoisotopic (exact) mass is 322 g/mol. The molecule has 24 heavy (non-hydrogen) atoms. The van der Waals surface area contributed by atoms with Gasteiger partial charge in [-0.3, -0.25) is 4.79 Å². The molecule has 0 spiro atoms. The van der Waals surface area contributed by atoms with Crippen molar-refractivity contribution in [3.8, 4) is 0 Å². The van der Waals surface area contributed by atoms with Gasteiger partial charge in [0.25, 0.3) is 5.91 Å². The number of amides is 3. The number of anilines is 2. The molecule has 3 amide bonds. The van der Waals surface area contributed by atoms with Crippen molar-refractivity contribution in [3.63, 3.8) is 0 Å². The molecule has 122 valence electrons. The lowest BCUT2D eigenvalue weighted by Gasteiger charge is -2.13. The van der Waals surface area contributed by atoms with Crippen LogP contribution in [0.1, 0.15) is 10.4 Å². The average Bonchev–Trinajstić information content (AvgIpc) is 3.02. The highest BCUT2D eigenvalue weighted by Gasteiger charge is 2.09. The van der Waals surface area contributed by atoms with Crippen molar-refractivity contribution in [2.75, 3.05) is 24.7 Å². The Morgan fingerprint density at radius 3 is 2.46 bits per heavy atom. The van der Waals surface area contributed by atoms with Gasteiger partial charge >= 0.3 is 6.03 Å². The first-order valence-corrected chi connectivity index (χ1v) is 7.50. The van der Waals surface area contributed by atoms with E-state index in [1.165, 1.54) is 4.90 Å². The van der Waals surface area contributed by atoms with E-state index in [4.69, 9.17) is 0 Å². The van der Waals surface area contributed by atoms with E-state index in [2.05, 4.69) is 15.6 Å². The Morgan fingerprint density at radius 1 is 0.958 bits per heavy atom. The van der Waals surface area contributed by atoms with Gasteiger partial charge in [0.1, 0.15) is 0 Å². The minimum atomic E-state index is -0.226. The molecule has 0 aliphatic carbocycles. The molecular weight excluding hydrogens is 304 g/mol. The van der Waals surface area contributed by atoms with Crippen LogP contribution < -0.4 is 10.6 Å². The quantitative estimate of drug-likeness (QED) is 0.690. The average molecular weight is 322 g/mol. The number of aromatic nitrogens is 1. The predicted molar refractivity (Wildman–Crippen MR) is 95.4 cm³/mol. The number of nitrogens with zero attached hydrogens (tertiary/aromatic N) is 1. The molecule has 0 radical (unpaired) electrons. The molecule has 3 rings (SSSR count). The first-order chi connectivity index (χ1) is 11.5. The number of H-pyrrole nitrogens is 1. The first-order valence-electron chi connectivity index (χ1n) is 7.50. The van der Waals surface area contributed by atoms with Crippen LogP contribution in [0, 0.1) is 0 Å². The molecule has 0 saturated heterocycles. The van der Waals surface area contributed by atoms with Gasteiger partial charge in [0.2, 0.25) is 0 Å². The molecular formula is C18H18N4O2. The van der Waals surface area contributed by atoms with Crippen molar-refractivity contribution in [1.82, 2.24) is 9.88 Å². The van der Waals surface area contributed by atoms with E-state index in [9.17, 15) is 9.59 Å². The maximum atomic E-state index is 12.4. The Hall–Kier alpha value is -3.28. The summed E-state index contributed by atoms with van der Waals surface area (Å²) in [4.78, 5) is 28.6. The van der Waals surface area contributed by atoms with Gasteiger partial charge in [-0.2, -0.15) is 0 Å². The van der Waals surface area contributed by atoms with Crippen molar-refractivity contribution < 1.29 is 9.59 Å². The molecule has 2 aromatic carbocycles. The molecule has 0 aliphatic heterocycles. The lowest BCUT2D eigenvalue weighted by Crippen LogP contribution is -2.27. The summed E-state index contributed by atoms with van der Waals surface area (Å²) in [7, 11) is 3.33. The van der Waals surface area contributed by atoms with Crippen LogP contribution in [0.15, 0.2) is 54.7 Å². The van der Waals surface area contributed by atoms with Crippen LogP contribution >= 0.6 is 0 Å². The number of fused-ring (bicyclic) bond motifs is 1. The second-order valence-corrected chi connectivity index (χ2v) is 5.64. The van der Waals surface area contributed by atoms with Crippen LogP contribution in [-0.4, -0.2) is 35.9 Å². The summed E-state index contributed by atoms with van der Waals surface area (Å²) in [6.45, 7) is 0. The van der Waals surface area contributed by atoms with Gasteiger partial charge in [-0.1, -0.05) is 12.1 Å². The van der Waals surface area contributed by atoms with Crippen molar-refractivity contribution >= 4 is 34.2 Å². The molecule has 0 unspecified atom stereocenters. The third-order valence-electron chi connectivity index (χ3n) is 3.60. The van der Waals surface area contributed by atoms with E-state index in [0.29, 0.717) is 16.9 Å². The Morgan fingerprint density at radius 2 is 1.71 bits per heavy atom. The summed E-state index contributed by atoms with van der Waals surface area (Å²) < 4.78 is 0. The minimum absolute atomic E-state index is 0.206. The number of carbonyl (C=O) groups is 2. The van der Waals surface area contributed by atoms with E-state index in [0.717, 1.165) is 10.9 Å². The number of benzene rings is 2. The third kappa shape index (κ3) is 3.38. The number of nitrogens with one attached hydrogen (secondary N) is 3. The van der Waals surface area contributed by atoms with E-state index in [1.54, 1.807) is 44.4 Å². The number of hydrogen-bond donors (Lipinski definition) is 3. The van der Waals surface area contributed by atoms with Crippen molar-refractivity contribution in [1.29, 1.82) is 0 Å². The van der Waals surface area contributed by atoms with Gasteiger partial charge in [-0.05, 0) is 41.8 Å².